The number of carbonyl (C=O) groups is 1. The van der Waals surface area contributed by atoms with Crippen LogP contribution >= 0.6 is 43.5 Å². The molecule has 10 heteroatoms. The molecule has 2 aliphatic carbocycles. The molecule has 2 aliphatic heterocycles. The molecule has 0 amide bonds. The van der Waals surface area contributed by atoms with E-state index in [4.69, 9.17) is 30.5 Å². The summed E-state index contributed by atoms with van der Waals surface area (Å²) < 4.78 is 22.7. The normalized spacial score (nSPS) is 23.9. The highest BCUT2D eigenvalue weighted by Crippen LogP contribution is 2.54. The van der Waals surface area contributed by atoms with Crippen LogP contribution < -0.4 is 0 Å². The zero-order chi connectivity index (χ0) is 25.9. The third-order valence-electron chi connectivity index (χ3n) is 7.04. The molecule has 0 bridgehead atoms. The fourth-order valence-electron chi connectivity index (χ4n) is 4.97. The summed E-state index contributed by atoms with van der Waals surface area (Å²) in [6, 6.07) is 7.50. The van der Waals surface area contributed by atoms with Gasteiger partial charge in [-0.3, -0.25) is 14.6 Å². The number of morpholine rings is 2. The second-order valence-electron chi connectivity index (χ2n) is 9.42. The van der Waals surface area contributed by atoms with Crippen molar-refractivity contribution in [2.75, 3.05) is 78.9 Å². The minimum absolute atomic E-state index is 0.0882. The van der Waals surface area contributed by atoms with Gasteiger partial charge >= 0.3 is 0 Å². The molecule has 2 saturated heterocycles. The number of allylic oxidation sites excluding steroid dienone is 4. The molecule has 0 spiro atoms. The van der Waals surface area contributed by atoms with Crippen LogP contribution in [0.5, 0.6) is 0 Å². The van der Waals surface area contributed by atoms with Crippen LogP contribution in [0.4, 0.5) is 0 Å². The average Bonchev–Trinajstić information content (AvgIpc) is 3.10. The minimum atomic E-state index is -1.13. The largest absolute Gasteiger partial charge is 0.379 e. The number of hydrogen-bond donors (Lipinski definition) is 0. The number of alkyl halides is 2. The predicted molar refractivity (Wildman–Crippen MR) is 150 cm³/mol. The fraction of sp³-hybridized carbons (Fsp3) is 0.519. The lowest BCUT2D eigenvalue weighted by Crippen LogP contribution is -2.43. The molecule has 0 radical (unpaired) electrons. The lowest BCUT2D eigenvalue weighted by molar-refractivity contribution is -0.178. The van der Waals surface area contributed by atoms with Gasteiger partial charge in [-0.25, -0.2) is 0 Å². The first kappa shape index (κ1) is 27.7. The van der Waals surface area contributed by atoms with Crippen molar-refractivity contribution in [3.8, 4) is 0 Å². The Morgan fingerprint density at radius 3 is 1.97 bits per heavy atom. The van der Waals surface area contributed by atoms with Crippen LogP contribution in [0.1, 0.15) is 5.56 Å². The Labute approximate surface area is 239 Å². The minimum Gasteiger partial charge on any atom is -0.379 e. The Morgan fingerprint density at radius 2 is 1.43 bits per heavy atom. The molecule has 0 atom stereocenters. The zero-order valence-corrected chi connectivity index (χ0v) is 24.5. The van der Waals surface area contributed by atoms with E-state index >= 15 is 0 Å². The van der Waals surface area contributed by atoms with Gasteiger partial charge in [0.2, 0.25) is 5.79 Å². The molecule has 200 valence electrons. The third-order valence-corrected chi connectivity index (χ3v) is 8.81. The lowest BCUT2D eigenvalue weighted by atomic mass is 9.95. The quantitative estimate of drug-likeness (QED) is 0.293. The summed E-state index contributed by atoms with van der Waals surface area (Å²) in [7, 11) is 0. The van der Waals surface area contributed by atoms with Gasteiger partial charge in [0.15, 0.2) is 9.02 Å². The molecular weight excluding hydrogens is 628 g/mol. The van der Waals surface area contributed by atoms with Crippen molar-refractivity contribution in [2.45, 2.75) is 9.02 Å². The maximum Gasteiger partial charge on any atom is 0.209 e. The van der Waals surface area contributed by atoms with Crippen LogP contribution in [-0.4, -0.2) is 104 Å². The van der Waals surface area contributed by atoms with E-state index in [2.05, 4.69) is 41.7 Å². The molecule has 0 aromatic heterocycles. The molecule has 5 rings (SSSR count). The topological polar surface area (TPSA) is 60.5 Å². The van der Waals surface area contributed by atoms with E-state index in [-0.39, 0.29) is 5.78 Å². The molecule has 0 N–H and O–H groups in total. The molecule has 2 heterocycles. The molecule has 0 unspecified atom stereocenters. The first-order valence-electron chi connectivity index (χ1n) is 12.6. The number of hydrogen-bond acceptors (Lipinski definition) is 7. The first-order chi connectivity index (χ1) is 17.9. The number of carbonyl (C=O) groups excluding carboxylic acids is 1. The summed E-state index contributed by atoms with van der Waals surface area (Å²) in [5.74, 6) is -1.21. The Kier molecular flexibility index (Phi) is 9.05. The number of benzene rings is 1. The Bertz CT molecular complexity index is 1050. The van der Waals surface area contributed by atoms with Crippen LogP contribution in [-0.2, 0) is 23.7 Å². The zero-order valence-electron chi connectivity index (χ0n) is 20.6. The molecule has 2 fully saturated rings. The van der Waals surface area contributed by atoms with Gasteiger partial charge in [-0.1, -0.05) is 61.7 Å². The van der Waals surface area contributed by atoms with E-state index in [0.717, 1.165) is 82.4 Å². The number of fused-ring (bicyclic) bond motifs is 1. The van der Waals surface area contributed by atoms with Gasteiger partial charge in [0.1, 0.15) is 0 Å². The van der Waals surface area contributed by atoms with Crippen LogP contribution in [0.15, 0.2) is 53.6 Å². The molecular formula is C27H31Br2ClN2O5. The van der Waals surface area contributed by atoms with E-state index in [1.54, 1.807) is 0 Å². The molecule has 37 heavy (non-hydrogen) atoms. The highest BCUT2D eigenvalue weighted by Gasteiger charge is 2.50. The van der Waals surface area contributed by atoms with Gasteiger partial charge in [0.25, 0.3) is 0 Å². The summed E-state index contributed by atoms with van der Waals surface area (Å²) in [6.07, 6.45) is 5.71. The van der Waals surface area contributed by atoms with Crippen molar-refractivity contribution in [1.82, 2.24) is 9.80 Å². The summed E-state index contributed by atoms with van der Waals surface area (Å²) in [5, 5.41) is 0.643. The van der Waals surface area contributed by atoms with E-state index in [9.17, 15) is 4.79 Å². The summed E-state index contributed by atoms with van der Waals surface area (Å²) in [4.78, 5) is 18.3. The first-order valence-corrected chi connectivity index (χ1v) is 14.6. The number of ether oxygens (including phenoxy) is 4. The van der Waals surface area contributed by atoms with Gasteiger partial charge in [-0.05, 0) is 35.4 Å². The van der Waals surface area contributed by atoms with Crippen molar-refractivity contribution < 1.29 is 23.7 Å². The molecule has 4 aliphatic rings. The van der Waals surface area contributed by atoms with E-state index in [1.165, 1.54) is 0 Å². The van der Waals surface area contributed by atoms with Crippen LogP contribution in [0.2, 0.25) is 5.02 Å². The van der Waals surface area contributed by atoms with Gasteiger partial charge in [0, 0.05) is 55.4 Å². The van der Waals surface area contributed by atoms with E-state index < -0.39 is 9.02 Å². The van der Waals surface area contributed by atoms with Gasteiger partial charge in [-0.2, -0.15) is 0 Å². The lowest BCUT2D eigenvalue weighted by Gasteiger charge is -2.34. The van der Waals surface area contributed by atoms with Gasteiger partial charge < -0.3 is 18.9 Å². The Hall–Kier alpha value is -0.880. The number of Topliss-reactive ketones (excluding diaryl/α,β-unsaturated/α-hetero) is 1. The molecule has 0 saturated carbocycles. The SMILES string of the molecule is O=C1C2=CC(OCCN3CCOCC3)(OCCN3CCOCC3)C=CC2=C(c2ccc(Cl)cc2)C1(Br)Br. The van der Waals surface area contributed by atoms with E-state index in [0.29, 0.717) is 23.8 Å². The Balaban J connectivity index is 1.39. The van der Waals surface area contributed by atoms with Crippen LogP contribution in [0, 0.1) is 0 Å². The highest BCUT2D eigenvalue weighted by molar-refractivity contribution is 9.26. The highest BCUT2D eigenvalue weighted by atomic mass is 79.9. The molecule has 1 aromatic carbocycles. The number of ketones is 1. The molecule has 1 aromatic rings. The maximum absolute atomic E-state index is 13.6. The van der Waals surface area contributed by atoms with Crippen molar-refractivity contribution >= 4 is 54.8 Å². The smallest absolute Gasteiger partial charge is 0.209 e. The van der Waals surface area contributed by atoms with Crippen molar-refractivity contribution in [3.63, 3.8) is 0 Å². The second kappa shape index (κ2) is 12.1. The maximum atomic E-state index is 13.6. The monoisotopic (exact) mass is 656 g/mol. The fourth-order valence-corrected chi connectivity index (χ4v) is 6.40. The predicted octanol–water partition coefficient (Wildman–Crippen LogP) is 4.05. The molecule has 7 nitrogen and oxygen atoms in total. The van der Waals surface area contributed by atoms with Crippen LogP contribution in [0.3, 0.4) is 0 Å². The third kappa shape index (κ3) is 6.31. The second-order valence-corrected chi connectivity index (χ2v) is 13.3. The standard InChI is InChI=1S/C27H31Br2ClN2O5/c28-27(29)24(20-1-3-21(30)4-2-20)22-5-6-26(19-23(22)25(27)33,36-17-11-31-7-13-34-14-8-31)37-18-12-32-9-15-35-16-10-32/h1-6,19H,7-18H2. The van der Waals surface area contributed by atoms with Crippen molar-refractivity contribution in [1.29, 1.82) is 0 Å². The summed E-state index contributed by atoms with van der Waals surface area (Å²) in [5.41, 5.74) is 3.15. The average molecular weight is 659 g/mol. The summed E-state index contributed by atoms with van der Waals surface area (Å²) >= 11 is 13.4. The van der Waals surface area contributed by atoms with Gasteiger partial charge in [-0.15, -0.1) is 0 Å². The van der Waals surface area contributed by atoms with Crippen molar-refractivity contribution in [2.24, 2.45) is 0 Å². The van der Waals surface area contributed by atoms with Gasteiger partial charge in [0.05, 0.1) is 39.6 Å². The van der Waals surface area contributed by atoms with E-state index in [1.807, 2.05) is 42.5 Å². The summed E-state index contributed by atoms with van der Waals surface area (Å²) in [6.45, 7) is 8.96. The number of rotatable bonds is 9. The van der Waals surface area contributed by atoms with Crippen molar-refractivity contribution in [3.05, 3.63) is 64.2 Å². The van der Waals surface area contributed by atoms with Crippen LogP contribution in [0.25, 0.3) is 5.57 Å². The Morgan fingerprint density at radius 1 is 0.892 bits per heavy atom. The number of nitrogens with zero attached hydrogens (tertiary/aromatic N) is 2. The number of halogens is 3.